The van der Waals surface area contributed by atoms with Crippen molar-refractivity contribution in [3.8, 4) is 0 Å². The lowest BCUT2D eigenvalue weighted by Crippen LogP contribution is -2.36. The fourth-order valence-corrected chi connectivity index (χ4v) is 2.83. The van der Waals surface area contributed by atoms with E-state index in [1.54, 1.807) is 0 Å². The van der Waals surface area contributed by atoms with E-state index in [0.29, 0.717) is 13.0 Å². The molecule has 0 bridgehead atoms. The molecule has 4 N–H and O–H groups in total. The average Bonchev–Trinajstić information content (AvgIpc) is 2.74. The van der Waals surface area contributed by atoms with E-state index in [0.717, 1.165) is 13.0 Å². The molecule has 0 aliphatic carbocycles. The highest BCUT2D eigenvalue weighted by Gasteiger charge is 2.35. The van der Waals surface area contributed by atoms with Gasteiger partial charge in [0.1, 0.15) is 6.04 Å². The predicted octanol–water partition coefficient (Wildman–Crippen LogP) is 1.82. The zero-order valence-corrected chi connectivity index (χ0v) is 12.7. The van der Waals surface area contributed by atoms with Gasteiger partial charge in [0.15, 0.2) is 0 Å². The van der Waals surface area contributed by atoms with E-state index in [-0.39, 0.29) is 5.48 Å². The lowest BCUT2D eigenvalue weighted by molar-refractivity contribution is -0.142. The van der Waals surface area contributed by atoms with Crippen LogP contribution in [0.5, 0.6) is 0 Å². The number of carboxylic acid groups (broad SMARTS) is 1. The third-order valence-electron chi connectivity index (χ3n) is 3.97. The number of rotatable bonds is 10. The molecule has 5 nitrogen and oxygen atoms in total. The maximum Gasteiger partial charge on any atom is 0.321 e. The topological polar surface area (TPSA) is 92.3 Å². The minimum atomic E-state index is -0.795. The van der Waals surface area contributed by atoms with Gasteiger partial charge in [0.25, 0.3) is 0 Å². The lowest BCUT2D eigenvalue weighted by atomic mass is 10.1. The number of hydrogen-bond acceptors (Lipinski definition) is 3. The van der Waals surface area contributed by atoms with Crippen molar-refractivity contribution >= 4 is 5.97 Å². The Morgan fingerprint density at radius 3 is 2.20 bits per heavy atom. The van der Waals surface area contributed by atoms with Crippen molar-refractivity contribution in [1.82, 2.24) is 4.90 Å². The van der Waals surface area contributed by atoms with E-state index in [9.17, 15) is 9.90 Å². The first kappa shape index (κ1) is 19.4. The molecule has 1 aliphatic rings. The fraction of sp³-hybridized carbons (Fsp3) is 0.933. The number of aliphatic carboxylic acids is 1. The summed E-state index contributed by atoms with van der Waals surface area (Å²) in [4.78, 5) is 13.0. The molecule has 1 fully saturated rings. The number of nitrogens with zero attached hydrogens (tertiary/aromatic N) is 1. The molecular weight excluding hydrogens is 258 g/mol. The fourth-order valence-electron chi connectivity index (χ4n) is 2.83. The van der Waals surface area contributed by atoms with Crippen LogP contribution in [0, 0.1) is 0 Å². The minimum absolute atomic E-state index is 0. The number of likely N-dealkylation sites (tertiary alicyclic amines) is 1. The third kappa shape index (κ3) is 7.22. The van der Waals surface area contributed by atoms with Crippen LogP contribution in [0.3, 0.4) is 0 Å². The molecule has 0 aromatic rings. The highest BCUT2D eigenvalue weighted by atomic mass is 16.4. The molecule has 0 unspecified atom stereocenters. The Hall–Kier alpha value is -0.650. The van der Waals surface area contributed by atoms with Crippen molar-refractivity contribution in [2.75, 3.05) is 13.1 Å². The van der Waals surface area contributed by atoms with E-state index in [1.165, 1.54) is 44.9 Å². The van der Waals surface area contributed by atoms with Crippen molar-refractivity contribution in [3.05, 3.63) is 0 Å². The number of carbonyl (C=O) groups is 1. The van der Waals surface area contributed by atoms with Gasteiger partial charge in [0.05, 0.1) is 6.10 Å². The molecule has 5 heteroatoms. The van der Waals surface area contributed by atoms with Crippen LogP contribution in [-0.2, 0) is 4.79 Å². The first-order chi connectivity index (χ1) is 9.15. The Labute approximate surface area is 122 Å². The Balaban J connectivity index is 0.00000361. The van der Waals surface area contributed by atoms with Gasteiger partial charge in [-0.15, -0.1) is 0 Å². The number of β-amino-alcohol motifs (C(OH)–C–C–N with tert-alkyl or cyclic N) is 1. The van der Waals surface area contributed by atoms with Crippen LogP contribution in [-0.4, -0.2) is 51.8 Å². The van der Waals surface area contributed by atoms with E-state index in [1.807, 2.05) is 4.90 Å². The van der Waals surface area contributed by atoms with E-state index in [2.05, 4.69) is 6.92 Å². The highest BCUT2D eigenvalue weighted by Crippen LogP contribution is 2.19. The largest absolute Gasteiger partial charge is 0.480 e. The molecule has 1 heterocycles. The summed E-state index contributed by atoms with van der Waals surface area (Å²) in [5.74, 6) is -0.795. The van der Waals surface area contributed by atoms with Gasteiger partial charge in [-0.2, -0.15) is 0 Å². The second kappa shape index (κ2) is 11.1. The second-order valence-electron chi connectivity index (χ2n) is 5.71. The molecule has 1 rings (SSSR count). The number of carboxylic acids is 1. The van der Waals surface area contributed by atoms with Crippen molar-refractivity contribution in [3.63, 3.8) is 0 Å². The van der Waals surface area contributed by atoms with Crippen molar-refractivity contribution in [2.45, 2.75) is 76.9 Å². The smallest absolute Gasteiger partial charge is 0.321 e. The summed E-state index contributed by atoms with van der Waals surface area (Å²) in [5.41, 5.74) is 0. The summed E-state index contributed by atoms with van der Waals surface area (Å²) in [5, 5.41) is 18.6. The summed E-state index contributed by atoms with van der Waals surface area (Å²) in [7, 11) is 0. The molecule has 0 saturated carbocycles. The SMILES string of the molecule is CCCCCCCCCCN1C[C@H](O)C[C@H]1C(=O)O.O. The van der Waals surface area contributed by atoms with Crippen LogP contribution in [0.25, 0.3) is 0 Å². The molecule has 120 valence electrons. The zero-order chi connectivity index (χ0) is 14.1. The first-order valence-corrected chi connectivity index (χ1v) is 7.80. The van der Waals surface area contributed by atoms with Gasteiger partial charge < -0.3 is 15.7 Å². The molecule has 0 aromatic carbocycles. The first-order valence-electron chi connectivity index (χ1n) is 7.80. The summed E-state index contributed by atoms with van der Waals surface area (Å²) in [6, 6.07) is -0.473. The summed E-state index contributed by atoms with van der Waals surface area (Å²) in [6.07, 6.45) is 9.98. The summed E-state index contributed by atoms with van der Waals surface area (Å²) in [6.45, 7) is 3.56. The molecule has 0 aromatic heterocycles. The molecule has 0 amide bonds. The highest BCUT2D eigenvalue weighted by molar-refractivity contribution is 5.74. The van der Waals surface area contributed by atoms with Gasteiger partial charge in [0, 0.05) is 13.0 Å². The number of hydrogen-bond donors (Lipinski definition) is 2. The molecule has 20 heavy (non-hydrogen) atoms. The van der Waals surface area contributed by atoms with Crippen LogP contribution in [0.1, 0.15) is 64.7 Å². The maximum absolute atomic E-state index is 11.0. The van der Waals surface area contributed by atoms with Crippen LogP contribution in [0.2, 0.25) is 0 Å². The maximum atomic E-state index is 11.0. The van der Waals surface area contributed by atoms with E-state index < -0.39 is 18.1 Å². The number of aliphatic hydroxyl groups excluding tert-OH is 1. The van der Waals surface area contributed by atoms with Gasteiger partial charge in [-0.05, 0) is 13.0 Å². The van der Waals surface area contributed by atoms with Gasteiger partial charge in [-0.25, -0.2) is 0 Å². The zero-order valence-electron chi connectivity index (χ0n) is 12.7. The average molecular weight is 289 g/mol. The van der Waals surface area contributed by atoms with Crippen LogP contribution < -0.4 is 0 Å². The molecule has 1 aliphatic heterocycles. The van der Waals surface area contributed by atoms with Gasteiger partial charge in [-0.1, -0.05) is 51.9 Å². The van der Waals surface area contributed by atoms with Crippen LogP contribution >= 0.6 is 0 Å². The van der Waals surface area contributed by atoms with E-state index in [4.69, 9.17) is 5.11 Å². The quantitative estimate of drug-likeness (QED) is 0.600. The Morgan fingerprint density at radius 1 is 1.10 bits per heavy atom. The van der Waals surface area contributed by atoms with Crippen molar-refractivity contribution in [2.24, 2.45) is 0 Å². The lowest BCUT2D eigenvalue weighted by Gasteiger charge is -2.20. The second-order valence-corrected chi connectivity index (χ2v) is 5.71. The normalized spacial score (nSPS) is 22.7. The van der Waals surface area contributed by atoms with Gasteiger partial charge in [-0.3, -0.25) is 9.69 Å². The standard InChI is InChI=1S/C15H29NO3.H2O/c1-2-3-4-5-6-7-8-9-10-16-12-13(17)11-14(16)15(18)19;/h13-14,17H,2-12H2,1H3,(H,18,19);1H2/t13-,14+;/m1./s1. The van der Waals surface area contributed by atoms with Crippen molar-refractivity contribution in [1.29, 1.82) is 0 Å². The minimum Gasteiger partial charge on any atom is -0.480 e. The Kier molecular flexibility index (Phi) is 10.7. The molecule has 1 saturated heterocycles. The number of aliphatic hydroxyl groups is 1. The molecular formula is C15H31NO4. The molecule has 0 spiro atoms. The summed E-state index contributed by atoms with van der Waals surface area (Å²) < 4.78 is 0. The predicted molar refractivity (Wildman–Crippen MR) is 79.8 cm³/mol. The van der Waals surface area contributed by atoms with Crippen LogP contribution in [0.15, 0.2) is 0 Å². The van der Waals surface area contributed by atoms with Gasteiger partial charge >= 0.3 is 5.97 Å². The van der Waals surface area contributed by atoms with Gasteiger partial charge in [0.2, 0.25) is 0 Å². The number of unbranched alkanes of at least 4 members (excludes halogenated alkanes) is 7. The Morgan fingerprint density at radius 2 is 1.65 bits per heavy atom. The molecule has 0 radical (unpaired) electrons. The summed E-state index contributed by atoms with van der Waals surface area (Å²) >= 11 is 0. The molecule has 2 atom stereocenters. The van der Waals surface area contributed by atoms with E-state index >= 15 is 0 Å². The van der Waals surface area contributed by atoms with Crippen molar-refractivity contribution < 1.29 is 20.5 Å². The monoisotopic (exact) mass is 289 g/mol. The third-order valence-corrected chi connectivity index (χ3v) is 3.97. The Bertz CT molecular complexity index is 260. The van der Waals surface area contributed by atoms with Crippen LogP contribution in [0.4, 0.5) is 0 Å².